The molecule has 4 rings (SSSR count). The number of benzene rings is 1. The maximum atomic E-state index is 13.4. The highest BCUT2D eigenvalue weighted by Crippen LogP contribution is 2.37. The van der Waals surface area contributed by atoms with E-state index in [0.717, 1.165) is 35.2 Å². The minimum atomic E-state index is -0.630. The molecule has 2 fully saturated rings. The number of carbonyl (C=O) groups excluding carboxylic acids is 2. The molecule has 0 aliphatic carbocycles. The molecule has 3 aliphatic rings. The Balaban J connectivity index is 1.41. The Labute approximate surface area is 214 Å². The number of nitrogens with one attached hydrogen (secondary N) is 1. The normalized spacial score (nSPS) is 23.5. The second-order valence-electron chi connectivity index (χ2n) is 11.2. The molecule has 2 amide bonds. The first kappa shape index (κ1) is 26.4. The summed E-state index contributed by atoms with van der Waals surface area (Å²) in [5.41, 5.74) is 3.45. The Hall–Kier alpha value is -2.65. The first-order chi connectivity index (χ1) is 16.9. The second kappa shape index (κ2) is 10.0. The first-order valence-electron chi connectivity index (χ1n) is 12.8. The number of carbonyl (C=O) groups is 2. The number of amides is 2. The van der Waals surface area contributed by atoms with Crippen molar-refractivity contribution in [1.29, 1.82) is 0 Å². The molecule has 8 nitrogen and oxygen atoms in total. The summed E-state index contributed by atoms with van der Waals surface area (Å²) in [7, 11) is 0.914. The van der Waals surface area contributed by atoms with Crippen molar-refractivity contribution in [1.82, 2.24) is 10.2 Å². The van der Waals surface area contributed by atoms with E-state index in [4.69, 9.17) is 19.0 Å². The highest BCUT2D eigenvalue weighted by molar-refractivity contribution is 6.62. The minimum absolute atomic E-state index is 0.0560. The molecule has 0 spiro atoms. The average Bonchev–Trinajstić information content (AvgIpc) is 3.54. The van der Waals surface area contributed by atoms with E-state index in [1.807, 2.05) is 37.1 Å². The Morgan fingerprint density at radius 1 is 1.14 bits per heavy atom. The summed E-state index contributed by atoms with van der Waals surface area (Å²) in [5.74, 6) is -0.139. The smallest absolute Gasteiger partial charge is 0.453 e. The molecule has 1 aromatic rings. The van der Waals surface area contributed by atoms with Gasteiger partial charge in [0.25, 0.3) is 0 Å². The van der Waals surface area contributed by atoms with Gasteiger partial charge in [0.1, 0.15) is 6.04 Å². The number of hydrogen-bond acceptors (Lipinski definition) is 6. The molecule has 3 heterocycles. The molecular formula is C27H38BN3O5. The zero-order chi connectivity index (χ0) is 26.3. The molecule has 0 saturated carbocycles. The fraction of sp³-hybridized carbons (Fsp3) is 0.593. The van der Waals surface area contributed by atoms with Crippen LogP contribution in [0.1, 0.15) is 66.4 Å². The van der Waals surface area contributed by atoms with Gasteiger partial charge >= 0.3 is 13.2 Å². The van der Waals surface area contributed by atoms with Crippen molar-refractivity contribution < 1.29 is 23.6 Å². The Morgan fingerprint density at radius 2 is 1.78 bits per heavy atom. The minimum Gasteiger partial charge on any atom is -0.453 e. The number of aliphatic imine (C=N–C) groups is 1. The molecule has 1 aromatic carbocycles. The Bertz CT molecular complexity index is 1050. The average molecular weight is 495 g/mol. The SMILES string of the molecule is COC(=O)N[C@H](C(=O)N1CCC[C@H]1C1=NC=C(c2ccc(B3OC(C)(C)C(C)(C)O3)cc2)C1)C(C)C. The van der Waals surface area contributed by atoms with Crippen molar-refractivity contribution in [3.05, 3.63) is 36.0 Å². The molecule has 0 bridgehead atoms. The van der Waals surface area contributed by atoms with Gasteiger partial charge in [-0.15, -0.1) is 0 Å². The van der Waals surface area contributed by atoms with Crippen LogP contribution in [0.2, 0.25) is 0 Å². The lowest BCUT2D eigenvalue weighted by Gasteiger charge is -2.32. The molecule has 9 heteroatoms. The van der Waals surface area contributed by atoms with Crippen molar-refractivity contribution in [3.8, 4) is 0 Å². The molecule has 2 saturated heterocycles. The molecule has 36 heavy (non-hydrogen) atoms. The molecule has 194 valence electrons. The predicted molar refractivity (Wildman–Crippen MR) is 141 cm³/mol. The van der Waals surface area contributed by atoms with Crippen LogP contribution in [-0.4, -0.2) is 66.7 Å². The van der Waals surface area contributed by atoms with Crippen LogP contribution in [0.3, 0.4) is 0 Å². The summed E-state index contributed by atoms with van der Waals surface area (Å²) in [4.78, 5) is 31.8. The van der Waals surface area contributed by atoms with E-state index in [0.29, 0.717) is 13.0 Å². The zero-order valence-electron chi connectivity index (χ0n) is 22.5. The summed E-state index contributed by atoms with van der Waals surface area (Å²) in [6, 6.07) is 7.57. The van der Waals surface area contributed by atoms with Crippen LogP contribution in [0, 0.1) is 5.92 Å². The van der Waals surface area contributed by atoms with Gasteiger partial charge in [-0.1, -0.05) is 38.1 Å². The van der Waals surface area contributed by atoms with Crippen LogP contribution in [0.5, 0.6) is 0 Å². The van der Waals surface area contributed by atoms with E-state index in [-0.39, 0.29) is 36.2 Å². The molecule has 2 atom stereocenters. The van der Waals surface area contributed by atoms with Crippen LogP contribution in [0.4, 0.5) is 4.79 Å². The number of rotatable bonds is 6. The quantitative estimate of drug-likeness (QED) is 0.610. The lowest BCUT2D eigenvalue weighted by Crippen LogP contribution is -2.53. The van der Waals surface area contributed by atoms with Gasteiger partial charge in [-0.3, -0.25) is 9.79 Å². The van der Waals surface area contributed by atoms with Gasteiger partial charge in [-0.05, 0) is 63.1 Å². The number of hydrogen-bond donors (Lipinski definition) is 1. The van der Waals surface area contributed by atoms with E-state index >= 15 is 0 Å². The van der Waals surface area contributed by atoms with Crippen molar-refractivity contribution in [3.63, 3.8) is 0 Å². The summed E-state index contributed by atoms with van der Waals surface area (Å²) in [6.07, 6.45) is 3.80. The maximum Gasteiger partial charge on any atom is 0.494 e. The Morgan fingerprint density at radius 3 is 2.36 bits per heavy atom. The van der Waals surface area contributed by atoms with Crippen LogP contribution >= 0.6 is 0 Å². The maximum absolute atomic E-state index is 13.4. The second-order valence-corrected chi connectivity index (χ2v) is 11.2. The van der Waals surface area contributed by atoms with Crippen molar-refractivity contribution in [2.24, 2.45) is 10.9 Å². The zero-order valence-corrected chi connectivity index (χ0v) is 22.5. The third-order valence-electron chi connectivity index (χ3n) is 7.88. The van der Waals surface area contributed by atoms with Gasteiger partial charge in [0.2, 0.25) is 5.91 Å². The number of allylic oxidation sites excluding steroid dienone is 1. The molecular weight excluding hydrogens is 457 g/mol. The van der Waals surface area contributed by atoms with E-state index < -0.39 is 12.1 Å². The fourth-order valence-corrected chi connectivity index (χ4v) is 4.92. The standard InChI is InChI=1S/C27H38BN3O5/c1-17(2)23(30-25(33)34-7)24(32)31-14-8-9-22(31)21-15-19(16-29-21)18-10-12-20(13-11-18)28-35-26(3,4)27(5,6)36-28/h10-13,16-17,22-23H,8-9,14-15H2,1-7H3,(H,30,33)/t22-,23-/m0/s1. The Kier molecular flexibility index (Phi) is 7.35. The van der Waals surface area contributed by atoms with Crippen LogP contribution in [0.25, 0.3) is 5.57 Å². The third kappa shape index (κ3) is 5.09. The van der Waals surface area contributed by atoms with E-state index in [1.165, 1.54) is 7.11 Å². The van der Waals surface area contributed by atoms with Gasteiger partial charge in [0.05, 0.1) is 24.4 Å². The van der Waals surface area contributed by atoms with Gasteiger partial charge in [-0.25, -0.2) is 4.79 Å². The van der Waals surface area contributed by atoms with Gasteiger partial charge in [0, 0.05) is 24.9 Å². The fourth-order valence-electron chi connectivity index (χ4n) is 4.92. The highest BCUT2D eigenvalue weighted by Gasteiger charge is 2.51. The van der Waals surface area contributed by atoms with Crippen molar-refractivity contribution in [2.45, 2.75) is 84.1 Å². The predicted octanol–water partition coefficient (Wildman–Crippen LogP) is 3.54. The van der Waals surface area contributed by atoms with Gasteiger partial charge < -0.3 is 24.3 Å². The summed E-state index contributed by atoms with van der Waals surface area (Å²) in [6.45, 7) is 12.7. The van der Waals surface area contributed by atoms with Crippen LogP contribution < -0.4 is 10.8 Å². The monoisotopic (exact) mass is 495 g/mol. The van der Waals surface area contributed by atoms with Crippen molar-refractivity contribution >= 4 is 35.9 Å². The third-order valence-corrected chi connectivity index (χ3v) is 7.88. The summed E-state index contributed by atoms with van der Waals surface area (Å²) >= 11 is 0. The van der Waals surface area contributed by atoms with Crippen molar-refractivity contribution in [2.75, 3.05) is 13.7 Å². The largest absolute Gasteiger partial charge is 0.494 e. The number of methoxy groups -OCH3 is 1. The molecule has 0 radical (unpaired) electrons. The summed E-state index contributed by atoms with van der Waals surface area (Å²) < 4.78 is 17.1. The first-order valence-corrected chi connectivity index (χ1v) is 12.8. The van der Waals surface area contributed by atoms with Gasteiger partial charge in [-0.2, -0.15) is 0 Å². The molecule has 1 N–H and O–H groups in total. The van der Waals surface area contributed by atoms with E-state index in [2.05, 4.69) is 45.1 Å². The van der Waals surface area contributed by atoms with E-state index in [1.54, 1.807) is 0 Å². The van der Waals surface area contributed by atoms with Gasteiger partial charge in [0.15, 0.2) is 0 Å². The number of ether oxygens (including phenoxy) is 1. The highest BCUT2D eigenvalue weighted by atomic mass is 16.7. The molecule has 0 unspecified atom stereocenters. The van der Waals surface area contributed by atoms with Crippen LogP contribution in [-0.2, 0) is 18.8 Å². The lowest BCUT2D eigenvalue weighted by atomic mass is 9.78. The number of nitrogens with zero attached hydrogens (tertiary/aromatic N) is 2. The summed E-state index contributed by atoms with van der Waals surface area (Å²) in [5, 5.41) is 2.70. The number of alkyl carbamates (subject to hydrolysis) is 1. The lowest BCUT2D eigenvalue weighted by molar-refractivity contribution is -0.134. The molecule has 0 aromatic heterocycles. The topological polar surface area (TPSA) is 89.5 Å². The number of likely N-dealkylation sites (tertiary alicyclic amines) is 1. The molecule has 3 aliphatic heterocycles. The van der Waals surface area contributed by atoms with E-state index in [9.17, 15) is 9.59 Å². The van der Waals surface area contributed by atoms with Crippen LogP contribution in [0.15, 0.2) is 35.5 Å².